The minimum absolute atomic E-state index is 0.0997. The van der Waals surface area contributed by atoms with Gasteiger partial charge in [-0.05, 0) is 25.3 Å². The first-order valence-electron chi connectivity index (χ1n) is 4.99. The summed E-state index contributed by atoms with van der Waals surface area (Å²) >= 11 is 0. The van der Waals surface area contributed by atoms with E-state index in [4.69, 9.17) is 0 Å². The lowest BCUT2D eigenvalue weighted by Crippen LogP contribution is -2.17. The number of fused-ring (bicyclic) bond motifs is 1. The second-order valence-electron chi connectivity index (χ2n) is 3.99. The summed E-state index contributed by atoms with van der Waals surface area (Å²) in [6.07, 6.45) is 4.80. The molecule has 2 rings (SSSR count). The fourth-order valence-electron chi connectivity index (χ4n) is 2.39. The summed E-state index contributed by atoms with van der Waals surface area (Å²) in [6.45, 7) is 2.04. The minimum Gasteiger partial charge on any atom is -0.299 e. The van der Waals surface area contributed by atoms with Gasteiger partial charge in [0.05, 0.1) is 0 Å². The maximum absolute atomic E-state index is 11.7. The molecular formula is C11H14O2. The lowest BCUT2D eigenvalue weighted by molar-refractivity contribution is -0.124. The average molecular weight is 178 g/mol. The Morgan fingerprint density at radius 1 is 1.46 bits per heavy atom. The molecule has 0 aromatic heterocycles. The Balaban J connectivity index is 2.26. The van der Waals surface area contributed by atoms with Gasteiger partial charge in [0.1, 0.15) is 5.78 Å². The summed E-state index contributed by atoms with van der Waals surface area (Å²) in [4.78, 5) is 22.8. The van der Waals surface area contributed by atoms with Crippen LogP contribution in [0.1, 0.15) is 32.6 Å². The highest BCUT2D eigenvalue weighted by Crippen LogP contribution is 2.39. The van der Waals surface area contributed by atoms with Crippen LogP contribution in [0.2, 0.25) is 0 Å². The molecule has 0 amide bonds. The number of allylic oxidation sites excluding steroid dienone is 2. The number of carbonyl (C=O) groups is 2. The second-order valence-corrected chi connectivity index (χ2v) is 3.99. The van der Waals surface area contributed by atoms with E-state index in [1.807, 2.05) is 6.92 Å². The zero-order valence-electron chi connectivity index (χ0n) is 7.88. The van der Waals surface area contributed by atoms with Crippen LogP contribution in [0.15, 0.2) is 11.6 Å². The molecule has 2 aliphatic rings. The van der Waals surface area contributed by atoms with Crippen molar-refractivity contribution in [3.8, 4) is 0 Å². The van der Waals surface area contributed by atoms with Gasteiger partial charge in [-0.15, -0.1) is 0 Å². The van der Waals surface area contributed by atoms with E-state index >= 15 is 0 Å². The van der Waals surface area contributed by atoms with Crippen LogP contribution >= 0.6 is 0 Å². The molecule has 13 heavy (non-hydrogen) atoms. The normalized spacial score (nSPS) is 33.2. The van der Waals surface area contributed by atoms with Gasteiger partial charge in [-0.25, -0.2) is 0 Å². The van der Waals surface area contributed by atoms with Crippen molar-refractivity contribution in [2.45, 2.75) is 32.6 Å². The first-order chi connectivity index (χ1) is 6.22. The third kappa shape index (κ3) is 1.34. The van der Waals surface area contributed by atoms with Crippen molar-refractivity contribution in [2.75, 3.05) is 0 Å². The predicted octanol–water partition coefficient (Wildman–Crippen LogP) is 1.89. The van der Waals surface area contributed by atoms with Crippen LogP contribution in [0.5, 0.6) is 0 Å². The smallest absolute Gasteiger partial charge is 0.155 e. The van der Waals surface area contributed by atoms with Gasteiger partial charge in [0.2, 0.25) is 0 Å². The molecule has 2 aliphatic carbocycles. The van der Waals surface area contributed by atoms with Gasteiger partial charge in [-0.2, -0.15) is 0 Å². The van der Waals surface area contributed by atoms with Gasteiger partial charge >= 0.3 is 0 Å². The first-order valence-corrected chi connectivity index (χ1v) is 4.99. The van der Waals surface area contributed by atoms with Crippen LogP contribution in [0.4, 0.5) is 0 Å². The number of ketones is 2. The van der Waals surface area contributed by atoms with E-state index < -0.39 is 0 Å². The molecule has 0 aromatic rings. The van der Waals surface area contributed by atoms with Crippen LogP contribution in [-0.2, 0) is 9.59 Å². The Kier molecular flexibility index (Phi) is 2.06. The van der Waals surface area contributed by atoms with Crippen molar-refractivity contribution >= 4 is 11.6 Å². The molecule has 0 aromatic carbocycles. The van der Waals surface area contributed by atoms with Crippen LogP contribution in [0.25, 0.3) is 0 Å². The average Bonchev–Trinajstić information content (AvgIpc) is 2.42. The Labute approximate surface area is 78.0 Å². The number of carbonyl (C=O) groups excluding carboxylic acids is 2. The number of hydrogen-bond donors (Lipinski definition) is 0. The molecule has 0 saturated heterocycles. The van der Waals surface area contributed by atoms with Crippen molar-refractivity contribution in [1.82, 2.24) is 0 Å². The van der Waals surface area contributed by atoms with Crippen LogP contribution in [0, 0.1) is 11.8 Å². The molecule has 0 bridgehead atoms. The fraction of sp³-hybridized carbons (Fsp3) is 0.636. The highest BCUT2D eigenvalue weighted by atomic mass is 16.1. The largest absolute Gasteiger partial charge is 0.299 e. The van der Waals surface area contributed by atoms with Crippen molar-refractivity contribution < 1.29 is 9.59 Å². The zero-order valence-corrected chi connectivity index (χ0v) is 7.88. The lowest BCUT2D eigenvalue weighted by Gasteiger charge is -2.14. The maximum Gasteiger partial charge on any atom is 0.155 e. The Hall–Kier alpha value is -0.920. The van der Waals surface area contributed by atoms with Gasteiger partial charge in [0.15, 0.2) is 5.78 Å². The summed E-state index contributed by atoms with van der Waals surface area (Å²) in [7, 11) is 0. The molecule has 2 unspecified atom stereocenters. The van der Waals surface area contributed by atoms with E-state index in [9.17, 15) is 9.59 Å². The van der Waals surface area contributed by atoms with Crippen molar-refractivity contribution in [3.63, 3.8) is 0 Å². The Morgan fingerprint density at radius 2 is 2.23 bits per heavy atom. The zero-order chi connectivity index (χ0) is 9.42. The van der Waals surface area contributed by atoms with E-state index in [1.54, 1.807) is 6.08 Å². The summed E-state index contributed by atoms with van der Waals surface area (Å²) in [6, 6.07) is 0. The fourth-order valence-corrected chi connectivity index (χ4v) is 2.39. The van der Waals surface area contributed by atoms with Gasteiger partial charge in [0.25, 0.3) is 0 Å². The van der Waals surface area contributed by atoms with E-state index in [-0.39, 0.29) is 17.6 Å². The molecule has 0 aliphatic heterocycles. The molecule has 0 radical (unpaired) electrons. The quantitative estimate of drug-likeness (QED) is 0.614. The SMILES string of the molecule is CCC1CC2=CC(=O)CCC2C1=O. The molecule has 1 fully saturated rings. The minimum atomic E-state index is 0.0997. The maximum atomic E-state index is 11.7. The predicted molar refractivity (Wildman–Crippen MR) is 49.2 cm³/mol. The third-order valence-corrected chi connectivity index (χ3v) is 3.19. The highest BCUT2D eigenvalue weighted by molar-refractivity contribution is 5.97. The summed E-state index contributed by atoms with van der Waals surface area (Å²) in [5, 5.41) is 0. The topological polar surface area (TPSA) is 34.1 Å². The van der Waals surface area contributed by atoms with Gasteiger partial charge < -0.3 is 0 Å². The van der Waals surface area contributed by atoms with Crippen molar-refractivity contribution in [1.29, 1.82) is 0 Å². The summed E-state index contributed by atoms with van der Waals surface area (Å²) in [5.41, 5.74) is 1.10. The van der Waals surface area contributed by atoms with Crippen LogP contribution < -0.4 is 0 Å². The standard InChI is InChI=1S/C11H14O2/c1-2-7-5-8-6-9(12)3-4-10(8)11(7)13/h6-7,10H,2-5H2,1H3. The second kappa shape index (κ2) is 3.09. The molecule has 0 spiro atoms. The molecular weight excluding hydrogens is 164 g/mol. The van der Waals surface area contributed by atoms with Crippen LogP contribution in [0.3, 0.4) is 0 Å². The molecule has 2 heteroatoms. The summed E-state index contributed by atoms with van der Waals surface area (Å²) < 4.78 is 0. The lowest BCUT2D eigenvalue weighted by atomic mass is 9.89. The number of rotatable bonds is 1. The highest BCUT2D eigenvalue weighted by Gasteiger charge is 2.38. The molecule has 0 N–H and O–H groups in total. The van der Waals surface area contributed by atoms with Gasteiger partial charge in [-0.3, -0.25) is 9.59 Å². The molecule has 70 valence electrons. The Bertz CT molecular complexity index is 288. The Morgan fingerprint density at radius 3 is 2.92 bits per heavy atom. The van der Waals surface area contributed by atoms with E-state index in [0.717, 1.165) is 24.8 Å². The molecule has 2 nitrogen and oxygen atoms in total. The number of hydrogen-bond acceptors (Lipinski definition) is 2. The first kappa shape index (κ1) is 8.67. The van der Waals surface area contributed by atoms with E-state index in [0.29, 0.717) is 12.2 Å². The third-order valence-electron chi connectivity index (χ3n) is 3.19. The van der Waals surface area contributed by atoms with Crippen molar-refractivity contribution in [2.24, 2.45) is 11.8 Å². The molecule has 0 heterocycles. The van der Waals surface area contributed by atoms with Gasteiger partial charge in [0, 0.05) is 18.3 Å². The van der Waals surface area contributed by atoms with E-state index in [1.165, 1.54) is 0 Å². The van der Waals surface area contributed by atoms with Crippen molar-refractivity contribution in [3.05, 3.63) is 11.6 Å². The summed E-state index contributed by atoms with van der Waals surface area (Å²) in [5.74, 6) is 0.877. The molecule has 2 atom stereocenters. The molecule has 1 saturated carbocycles. The monoisotopic (exact) mass is 178 g/mol. The number of Topliss-reactive ketones (excluding diaryl/α,β-unsaturated/α-hetero) is 1. The van der Waals surface area contributed by atoms with Crippen LogP contribution in [-0.4, -0.2) is 11.6 Å². The van der Waals surface area contributed by atoms with Gasteiger partial charge in [-0.1, -0.05) is 12.5 Å². The van der Waals surface area contributed by atoms with E-state index in [2.05, 4.69) is 0 Å².